The third-order valence-electron chi connectivity index (χ3n) is 3.62. The fourth-order valence-electron chi connectivity index (χ4n) is 2.31. The standard InChI is InChI=1S/C17H15FN2O5/c1-8-6-14(20-25-8)19-16(21)10(3)23-17(22)15-9(2)12-7-11(18)4-5-13(12)24-15/h4-7,10H,1-3H3,(H,19,20,21)/t10-/m0/s1. The van der Waals surface area contributed by atoms with Crippen LogP contribution in [0.25, 0.3) is 11.0 Å². The molecule has 1 aromatic carbocycles. The molecule has 3 rings (SSSR count). The van der Waals surface area contributed by atoms with Gasteiger partial charge < -0.3 is 19.0 Å². The van der Waals surface area contributed by atoms with Crippen molar-refractivity contribution >= 4 is 28.7 Å². The summed E-state index contributed by atoms with van der Waals surface area (Å²) in [5.74, 6) is -1.13. The van der Waals surface area contributed by atoms with Crippen LogP contribution in [0.4, 0.5) is 10.2 Å². The molecule has 0 bridgehead atoms. The number of furan rings is 1. The van der Waals surface area contributed by atoms with Crippen LogP contribution in [-0.2, 0) is 9.53 Å². The highest BCUT2D eigenvalue weighted by atomic mass is 19.1. The molecule has 7 nitrogen and oxygen atoms in total. The first-order valence-electron chi connectivity index (χ1n) is 7.49. The number of nitrogens with zero attached hydrogens (tertiary/aromatic N) is 1. The normalized spacial score (nSPS) is 12.2. The van der Waals surface area contributed by atoms with Crippen molar-refractivity contribution in [1.82, 2.24) is 5.16 Å². The van der Waals surface area contributed by atoms with Crippen molar-refractivity contribution in [2.24, 2.45) is 0 Å². The Kier molecular flexibility index (Phi) is 4.26. The Bertz CT molecular complexity index is 959. The minimum atomic E-state index is -1.09. The third kappa shape index (κ3) is 3.37. The SMILES string of the molecule is Cc1cc(NC(=O)[C@H](C)OC(=O)c2oc3ccc(F)cc3c2C)no1. The Morgan fingerprint density at radius 3 is 2.72 bits per heavy atom. The fraction of sp³-hybridized carbons (Fsp3) is 0.235. The smallest absolute Gasteiger partial charge is 0.375 e. The molecular weight excluding hydrogens is 331 g/mol. The van der Waals surface area contributed by atoms with Gasteiger partial charge in [-0.25, -0.2) is 9.18 Å². The van der Waals surface area contributed by atoms with Crippen LogP contribution in [0.5, 0.6) is 0 Å². The van der Waals surface area contributed by atoms with Gasteiger partial charge in [0.1, 0.15) is 17.2 Å². The van der Waals surface area contributed by atoms with Crippen LogP contribution in [0.2, 0.25) is 0 Å². The number of hydrogen-bond donors (Lipinski definition) is 1. The summed E-state index contributed by atoms with van der Waals surface area (Å²) in [6.45, 7) is 4.71. The number of hydrogen-bond acceptors (Lipinski definition) is 6. The molecule has 1 amide bonds. The lowest BCUT2D eigenvalue weighted by Gasteiger charge is -2.11. The number of fused-ring (bicyclic) bond motifs is 1. The monoisotopic (exact) mass is 346 g/mol. The van der Waals surface area contributed by atoms with Crippen molar-refractivity contribution in [2.45, 2.75) is 26.9 Å². The maximum atomic E-state index is 13.3. The summed E-state index contributed by atoms with van der Waals surface area (Å²) < 4.78 is 28.7. The van der Waals surface area contributed by atoms with Crippen molar-refractivity contribution < 1.29 is 27.7 Å². The highest BCUT2D eigenvalue weighted by Crippen LogP contribution is 2.26. The molecule has 130 valence electrons. The van der Waals surface area contributed by atoms with Gasteiger partial charge in [0.25, 0.3) is 5.91 Å². The summed E-state index contributed by atoms with van der Waals surface area (Å²) in [7, 11) is 0. The molecule has 0 saturated carbocycles. The van der Waals surface area contributed by atoms with Gasteiger partial charge in [0, 0.05) is 17.0 Å². The van der Waals surface area contributed by atoms with Crippen LogP contribution in [0.15, 0.2) is 33.2 Å². The molecule has 2 heterocycles. The van der Waals surface area contributed by atoms with Gasteiger partial charge in [0.15, 0.2) is 11.9 Å². The zero-order chi connectivity index (χ0) is 18.1. The lowest BCUT2D eigenvalue weighted by Crippen LogP contribution is -2.30. The van der Waals surface area contributed by atoms with Crippen molar-refractivity contribution in [1.29, 1.82) is 0 Å². The van der Waals surface area contributed by atoms with E-state index in [1.54, 1.807) is 13.8 Å². The Balaban J connectivity index is 1.73. The van der Waals surface area contributed by atoms with E-state index < -0.39 is 23.8 Å². The average molecular weight is 346 g/mol. The molecule has 0 saturated heterocycles. The average Bonchev–Trinajstić information content (AvgIpc) is 3.11. The number of esters is 1. The van der Waals surface area contributed by atoms with Gasteiger partial charge in [-0.2, -0.15) is 0 Å². The van der Waals surface area contributed by atoms with Crippen LogP contribution in [0.3, 0.4) is 0 Å². The Morgan fingerprint density at radius 2 is 2.04 bits per heavy atom. The van der Waals surface area contributed by atoms with E-state index in [-0.39, 0.29) is 11.6 Å². The van der Waals surface area contributed by atoms with Crippen molar-refractivity contribution in [2.75, 3.05) is 5.32 Å². The predicted octanol–water partition coefficient (Wildman–Crippen LogP) is 3.36. The van der Waals surface area contributed by atoms with Gasteiger partial charge in [-0.05, 0) is 39.0 Å². The van der Waals surface area contributed by atoms with Crippen LogP contribution in [0, 0.1) is 19.7 Å². The van der Waals surface area contributed by atoms with Gasteiger partial charge in [-0.3, -0.25) is 4.79 Å². The number of carbonyl (C=O) groups excluding carboxylic acids is 2. The first-order valence-corrected chi connectivity index (χ1v) is 7.49. The number of carbonyl (C=O) groups is 2. The molecule has 1 atom stereocenters. The summed E-state index contributed by atoms with van der Waals surface area (Å²) in [5, 5.41) is 6.57. The maximum Gasteiger partial charge on any atom is 0.375 e. The summed E-state index contributed by atoms with van der Waals surface area (Å²) >= 11 is 0. The molecule has 0 unspecified atom stereocenters. The van der Waals surface area contributed by atoms with E-state index in [1.807, 2.05) is 0 Å². The van der Waals surface area contributed by atoms with Crippen LogP contribution in [0.1, 0.15) is 28.8 Å². The molecule has 0 aliphatic heterocycles. The Labute approximate surface area is 141 Å². The summed E-state index contributed by atoms with van der Waals surface area (Å²) in [5.41, 5.74) is 0.806. The van der Waals surface area contributed by atoms with E-state index in [0.29, 0.717) is 22.3 Å². The van der Waals surface area contributed by atoms with Crippen molar-refractivity contribution in [3.8, 4) is 0 Å². The molecule has 3 aromatic rings. The number of amides is 1. The van der Waals surface area contributed by atoms with Gasteiger partial charge in [-0.1, -0.05) is 5.16 Å². The quantitative estimate of drug-likeness (QED) is 0.728. The highest BCUT2D eigenvalue weighted by molar-refractivity contribution is 5.99. The number of halogens is 1. The number of benzene rings is 1. The Hall–Kier alpha value is -3.16. The zero-order valence-corrected chi connectivity index (χ0v) is 13.8. The molecule has 1 N–H and O–H groups in total. The molecule has 0 radical (unpaired) electrons. The predicted molar refractivity (Wildman–Crippen MR) is 85.7 cm³/mol. The first kappa shape index (κ1) is 16.7. The molecule has 0 fully saturated rings. The van der Waals surface area contributed by atoms with E-state index in [0.717, 1.165) is 0 Å². The minimum Gasteiger partial charge on any atom is -0.449 e. The molecule has 0 aliphatic rings. The largest absolute Gasteiger partial charge is 0.449 e. The molecule has 0 spiro atoms. The van der Waals surface area contributed by atoms with Gasteiger partial charge >= 0.3 is 5.97 Å². The molecule has 8 heteroatoms. The fourth-order valence-corrected chi connectivity index (χ4v) is 2.31. The molecule has 2 aromatic heterocycles. The lowest BCUT2D eigenvalue weighted by atomic mass is 10.1. The second-order valence-electron chi connectivity index (χ2n) is 5.56. The second-order valence-corrected chi connectivity index (χ2v) is 5.56. The van der Waals surface area contributed by atoms with E-state index in [2.05, 4.69) is 10.5 Å². The van der Waals surface area contributed by atoms with Crippen LogP contribution < -0.4 is 5.32 Å². The summed E-state index contributed by atoms with van der Waals surface area (Å²) in [6.07, 6.45) is -1.09. The Morgan fingerprint density at radius 1 is 1.28 bits per heavy atom. The summed E-state index contributed by atoms with van der Waals surface area (Å²) in [6, 6.07) is 5.46. The van der Waals surface area contributed by atoms with Gasteiger partial charge in [0.2, 0.25) is 5.76 Å². The van der Waals surface area contributed by atoms with Gasteiger partial charge in [0.05, 0.1) is 0 Å². The molecule has 0 aliphatic carbocycles. The topological polar surface area (TPSA) is 94.6 Å². The molecule has 25 heavy (non-hydrogen) atoms. The highest BCUT2D eigenvalue weighted by Gasteiger charge is 2.24. The maximum absolute atomic E-state index is 13.3. The number of aromatic nitrogens is 1. The summed E-state index contributed by atoms with van der Waals surface area (Å²) in [4.78, 5) is 24.3. The second kappa shape index (κ2) is 6.39. The van der Waals surface area contributed by atoms with E-state index >= 15 is 0 Å². The van der Waals surface area contributed by atoms with Crippen LogP contribution in [-0.4, -0.2) is 23.1 Å². The molecular formula is C17H15FN2O5. The van der Waals surface area contributed by atoms with Crippen molar-refractivity contribution in [3.05, 3.63) is 47.2 Å². The van der Waals surface area contributed by atoms with E-state index in [9.17, 15) is 14.0 Å². The van der Waals surface area contributed by atoms with Crippen molar-refractivity contribution in [3.63, 3.8) is 0 Å². The minimum absolute atomic E-state index is 0.0717. The third-order valence-corrected chi connectivity index (χ3v) is 3.62. The number of ether oxygens (including phenoxy) is 1. The number of nitrogens with one attached hydrogen (secondary N) is 1. The number of rotatable bonds is 4. The van der Waals surface area contributed by atoms with Gasteiger partial charge in [-0.15, -0.1) is 0 Å². The first-order chi connectivity index (χ1) is 11.8. The van der Waals surface area contributed by atoms with E-state index in [4.69, 9.17) is 13.7 Å². The zero-order valence-electron chi connectivity index (χ0n) is 13.8. The number of aryl methyl sites for hydroxylation is 2. The van der Waals surface area contributed by atoms with E-state index in [1.165, 1.54) is 31.2 Å². The lowest BCUT2D eigenvalue weighted by molar-refractivity contribution is -0.123. The number of anilines is 1. The van der Waals surface area contributed by atoms with Crippen LogP contribution >= 0.6 is 0 Å².